The third-order valence-electron chi connectivity index (χ3n) is 5.28. The van der Waals surface area contributed by atoms with Crippen LogP contribution in [-0.2, 0) is 4.79 Å². The Balaban J connectivity index is 0.00000300. The van der Waals surface area contributed by atoms with E-state index in [4.69, 9.17) is 4.74 Å². The lowest BCUT2D eigenvalue weighted by molar-refractivity contribution is -0.134. The lowest BCUT2D eigenvalue weighted by atomic mass is 9.93. The van der Waals surface area contributed by atoms with E-state index in [1.165, 1.54) is 6.42 Å². The summed E-state index contributed by atoms with van der Waals surface area (Å²) in [5.74, 6) is 1.30. The SMILES string of the molecule is CNCCC1CCN(C(=O)COc2ccc(C(=O)c3ccccc3)cc2)CC1.Cl. The molecule has 1 aliphatic rings. The number of likely N-dealkylation sites (tertiary alicyclic amines) is 1. The van der Waals surface area contributed by atoms with E-state index in [9.17, 15) is 9.59 Å². The smallest absolute Gasteiger partial charge is 0.260 e. The van der Waals surface area contributed by atoms with Crippen LogP contribution in [0.4, 0.5) is 0 Å². The summed E-state index contributed by atoms with van der Waals surface area (Å²) in [6, 6.07) is 16.1. The highest BCUT2D eigenvalue weighted by atomic mass is 35.5. The maximum absolute atomic E-state index is 12.4. The minimum Gasteiger partial charge on any atom is -0.484 e. The number of carbonyl (C=O) groups excluding carboxylic acids is 2. The summed E-state index contributed by atoms with van der Waals surface area (Å²) in [5, 5.41) is 3.19. The van der Waals surface area contributed by atoms with Gasteiger partial charge in [0.05, 0.1) is 0 Å². The molecule has 1 aliphatic heterocycles. The van der Waals surface area contributed by atoms with E-state index < -0.39 is 0 Å². The van der Waals surface area contributed by atoms with E-state index in [0.717, 1.165) is 32.5 Å². The molecule has 1 N–H and O–H groups in total. The Kier molecular flexibility index (Phi) is 9.16. The Labute approximate surface area is 178 Å². The van der Waals surface area contributed by atoms with Crippen molar-refractivity contribution in [2.75, 3.05) is 33.3 Å². The molecule has 0 aliphatic carbocycles. The fourth-order valence-electron chi connectivity index (χ4n) is 3.51. The lowest BCUT2D eigenvalue weighted by Crippen LogP contribution is -2.41. The number of nitrogens with one attached hydrogen (secondary N) is 1. The molecule has 1 amide bonds. The molecule has 0 bridgehead atoms. The zero-order valence-electron chi connectivity index (χ0n) is 16.8. The van der Waals surface area contributed by atoms with Crippen LogP contribution in [0, 0.1) is 5.92 Å². The normalized spacial score (nSPS) is 14.2. The van der Waals surface area contributed by atoms with Gasteiger partial charge in [0.2, 0.25) is 0 Å². The first-order valence-corrected chi connectivity index (χ1v) is 9.92. The van der Waals surface area contributed by atoms with E-state index >= 15 is 0 Å². The van der Waals surface area contributed by atoms with Gasteiger partial charge in [-0.25, -0.2) is 0 Å². The van der Waals surface area contributed by atoms with E-state index in [-0.39, 0.29) is 30.7 Å². The number of carbonyl (C=O) groups is 2. The Morgan fingerprint density at radius 3 is 2.24 bits per heavy atom. The third-order valence-corrected chi connectivity index (χ3v) is 5.28. The van der Waals surface area contributed by atoms with Gasteiger partial charge in [-0.2, -0.15) is 0 Å². The van der Waals surface area contributed by atoms with Gasteiger partial charge >= 0.3 is 0 Å². The number of benzene rings is 2. The van der Waals surface area contributed by atoms with Crippen molar-refractivity contribution in [3.8, 4) is 5.75 Å². The standard InChI is InChI=1S/C23H28N2O3.ClH/c1-24-14-11-18-12-15-25(16-13-18)22(26)17-28-21-9-7-20(8-10-21)23(27)19-5-3-2-4-6-19;/h2-10,18,24H,11-17H2,1H3;1H. The van der Waals surface area contributed by atoms with Crippen LogP contribution in [-0.4, -0.2) is 49.9 Å². The number of rotatable bonds is 8. The number of amides is 1. The molecule has 1 fully saturated rings. The van der Waals surface area contributed by atoms with Crippen molar-refractivity contribution < 1.29 is 14.3 Å². The van der Waals surface area contributed by atoms with Crippen LogP contribution in [0.25, 0.3) is 0 Å². The van der Waals surface area contributed by atoms with Crippen LogP contribution in [0.2, 0.25) is 0 Å². The van der Waals surface area contributed by atoms with Crippen LogP contribution in [0.5, 0.6) is 5.75 Å². The van der Waals surface area contributed by atoms with Gasteiger partial charge in [-0.1, -0.05) is 30.3 Å². The summed E-state index contributed by atoms with van der Waals surface area (Å²) >= 11 is 0. The van der Waals surface area contributed by atoms with Gasteiger partial charge in [0.25, 0.3) is 5.91 Å². The number of ether oxygens (including phenoxy) is 1. The van der Waals surface area contributed by atoms with Crippen molar-refractivity contribution in [1.82, 2.24) is 10.2 Å². The molecule has 0 radical (unpaired) electrons. The number of piperidine rings is 1. The second kappa shape index (κ2) is 11.6. The van der Waals surface area contributed by atoms with E-state index in [1.807, 2.05) is 30.1 Å². The molecule has 0 spiro atoms. The maximum atomic E-state index is 12.4. The third kappa shape index (κ3) is 6.58. The highest BCUT2D eigenvalue weighted by molar-refractivity contribution is 6.08. The lowest BCUT2D eigenvalue weighted by Gasteiger charge is -2.32. The quantitative estimate of drug-likeness (QED) is 0.668. The number of ketones is 1. The second-order valence-corrected chi connectivity index (χ2v) is 7.22. The average Bonchev–Trinajstić information content (AvgIpc) is 2.77. The Hall–Kier alpha value is -2.37. The van der Waals surface area contributed by atoms with Crippen molar-refractivity contribution in [1.29, 1.82) is 0 Å². The molecule has 1 saturated heterocycles. The van der Waals surface area contributed by atoms with E-state index in [2.05, 4.69) is 5.32 Å². The summed E-state index contributed by atoms with van der Waals surface area (Å²) in [7, 11) is 1.97. The predicted octanol–water partition coefficient (Wildman–Crippen LogP) is 3.57. The largest absolute Gasteiger partial charge is 0.484 e. The monoisotopic (exact) mass is 416 g/mol. The van der Waals surface area contributed by atoms with Crippen molar-refractivity contribution in [2.24, 2.45) is 5.92 Å². The average molecular weight is 417 g/mol. The zero-order chi connectivity index (χ0) is 19.8. The highest BCUT2D eigenvalue weighted by Crippen LogP contribution is 2.20. The van der Waals surface area contributed by atoms with E-state index in [0.29, 0.717) is 22.8 Å². The molecule has 0 saturated carbocycles. The molecular formula is C23H29ClN2O3. The Bertz CT molecular complexity index is 772. The Morgan fingerprint density at radius 2 is 1.62 bits per heavy atom. The molecule has 3 rings (SSSR count). The summed E-state index contributed by atoms with van der Waals surface area (Å²) < 4.78 is 5.64. The van der Waals surface area contributed by atoms with Gasteiger partial charge in [-0.3, -0.25) is 9.59 Å². The first kappa shape index (κ1) is 22.9. The van der Waals surface area contributed by atoms with Crippen LogP contribution in [0.3, 0.4) is 0 Å². The molecule has 0 aromatic heterocycles. The van der Waals surface area contributed by atoms with Crippen molar-refractivity contribution in [3.63, 3.8) is 0 Å². The molecule has 6 heteroatoms. The number of hydrogen-bond acceptors (Lipinski definition) is 4. The zero-order valence-corrected chi connectivity index (χ0v) is 17.6. The van der Waals surface area contributed by atoms with Crippen LogP contribution in [0.15, 0.2) is 54.6 Å². The van der Waals surface area contributed by atoms with Gasteiger partial charge in [0.15, 0.2) is 12.4 Å². The molecule has 0 unspecified atom stereocenters. The fourth-order valence-corrected chi connectivity index (χ4v) is 3.51. The number of hydrogen-bond donors (Lipinski definition) is 1. The van der Waals surface area contributed by atoms with E-state index in [1.54, 1.807) is 36.4 Å². The van der Waals surface area contributed by atoms with Crippen LogP contribution >= 0.6 is 12.4 Å². The van der Waals surface area contributed by atoms with Gasteiger partial charge in [0, 0.05) is 24.2 Å². The number of nitrogens with zero attached hydrogens (tertiary/aromatic N) is 1. The summed E-state index contributed by atoms with van der Waals surface area (Å²) in [6.45, 7) is 2.68. The summed E-state index contributed by atoms with van der Waals surface area (Å²) in [6.07, 6.45) is 3.29. The van der Waals surface area contributed by atoms with Gasteiger partial charge in [-0.05, 0) is 63.0 Å². The first-order chi connectivity index (χ1) is 13.7. The first-order valence-electron chi connectivity index (χ1n) is 9.92. The molecule has 5 nitrogen and oxygen atoms in total. The second-order valence-electron chi connectivity index (χ2n) is 7.22. The van der Waals surface area contributed by atoms with Gasteiger partial charge in [0.1, 0.15) is 5.75 Å². The molecular weight excluding hydrogens is 388 g/mol. The van der Waals surface area contributed by atoms with Crippen LogP contribution < -0.4 is 10.1 Å². The topological polar surface area (TPSA) is 58.6 Å². The fraction of sp³-hybridized carbons (Fsp3) is 0.391. The maximum Gasteiger partial charge on any atom is 0.260 e. The summed E-state index contributed by atoms with van der Waals surface area (Å²) in [4.78, 5) is 26.7. The summed E-state index contributed by atoms with van der Waals surface area (Å²) in [5.41, 5.74) is 1.26. The molecule has 2 aromatic rings. The van der Waals surface area contributed by atoms with Crippen LogP contribution in [0.1, 0.15) is 35.2 Å². The Morgan fingerprint density at radius 1 is 1.00 bits per heavy atom. The molecule has 2 aromatic carbocycles. The van der Waals surface area contributed by atoms with Gasteiger partial charge < -0.3 is 15.0 Å². The van der Waals surface area contributed by atoms with Crippen molar-refractivity contribution in [3.05, 3.63) is 65.7 Å². The molecule has 1 heterocycles. The number of halogens is 1. The molecule has 0 atom stereocenters. The van der Waals surface area contributed by atoms with Crippen molar-refractivity contribution >= 4 is 24.1 Å². The predicted molar refractivity (Wildman–Crippen MR) is 117 cm³/mol. The van der Waals surface area contributed by atoms with Crippen molar-refractivity contribution in [2.45, 2.75) is 19.3 Å². The molecule has 156 valence electrons. The minimum absolute atomic E-state index is 0. The molecule has 29 heavy (non-hydrogen) atoms. The van der Waals surface area contributed by atoms with Gasteiger partial charge in [-0.15, -0.1) is 12.4 Å². The minimum atomic E-state index is -0.0237. The highest BCUT2D eigenvalue weighted by Gasteiger charge is 2.22.